The summed E-state index contributed by atoms with van der Waals surface area (Å²) < 4.78 is 11.0. The smallest absolute Gasteiger partial charge is 0.273 e. The molecule has 0 amide bonds. The van der Waals surface area contributed by atoms with Crippen molar-refractivity contribution < 1.29 is 14.4 Å². The lowest BCUT2D eigenvalue weighted by molar-refractivity contribution is -0.385. The topological polar surface area (TPSA) is 90.9 Å². The molecule has 1 aromatic carbocycles. The maximum absolute atomic E-state index is 10.8. The Morgan fingerprint density at radius 2 is 2.14 bits per heavy atom. The largest absolute Gasteiger partial charge is 0.493 e. The lowest BCUT2D eigenvalue weighted by Gasteiger charge is -2.26. The highest BCUT2D eigenvalue weighted by molar-refractivity contribution is 5.44. The molecule has 7 nitrogen and oxygen atoms in total. The zero-order chi connectivity index (χ0) is 15.1. The second kappa shape index (κ2) is 7.92. The van der Waals surface area contributed by atoms with Gasteiger partial charge in [-0.15, -0.1) is 0 Å². The fourth-order valence-corrected chi connectivity index (χ4v) is 2.25. The minimum Gasteiger partial charge on any atom is -0.493 e. The Labute approximate surface area is 123 Å². The van der Waals surface area contributed by atoms with E-state index in [9.17, 15) is 10.1 Å². The Hall–Kier alpha value is -1.70. The molecule has 2 N–H and O–H groups in total. The summed E-state index contributed by atoms with van der Waals surface area (Å²) >= 11 is 0. The number of nitrogens with zero attached hydrogens (tertiary/aromatic N) is 2. The van der Waals surface area contributed by atoms with E-state index in [4.69, 9.17) is 15.2 Å². The van der Waals surface area contributed by atoms with Crippen LogP contribution in [0.3, 0.4) is 0 Å². The van der Waals surface area contributed by atoms with Crippen molar-refractivity contribution >= 4 is 5.69 Å². The van der Waals surface area contributed by atoms with Crippen LogP contribution in [0.15, 0.2) is 18.2 Å². The molecule has 21 heavy (non-hydrogen) atoms. The van der Waals surface area contributed by atoms with Gasteiger partial charge in [-0.3, -0.25) is 15.0 Å². The lowest BCUT2D eigenvalue weighted by atomic mass is 10.2. The molecule has 1 saturated heterocycles. The van der Waals surface area contributed by atoms with Crippen LogP contribution >= 0.6 is 0 Å². The number of nitro benzene ring substituents is 1. The van der Waals surface area contributed by atoms with Crippen LogP contribution in [0.4, 0.5) is 5.69 Å². The predicted octanol–water partition coefficient (Wildman–Crippen LogP) is 1.15. The molecule has 7 heteroatoms. The highest BCUT2D eigenvalue weighted by Gasteiger charge is 2.12. The fraction of sp³-hybridized carbons (Fsp3) is 0.571. The fourth-order valence-electron chi connectivity index (χ4n) is 2.25. The van der Waals surface area contributed by atoms with E-state index in [-0.39, 0.29) is 5.69 Å². The van der Waals surface area contributed by atoms with Crippen molar-refractivity contribution in [1.29, 1.82) is 0 Å². The first-order valence-corrected chi connectivity index (χ1v) is 7.11. The van der Waals surface area contributed by atoms with Crippen molar-refractivity contribution in [1.82, 2.24) is 4.90 Å². The standard InChI is InChI=1S/C14H21N3O4/c15-11-12-2-3-13(17(18)19)10-14(12)21-7-1-4-16-5-8-20-9-6-16/h2-3,10H,1,4-9,11,15H2. The SMILES string of the molecule is NCc1ccc([N+](=O)[O-])cc1OCCCN1CCOCC1. The average molecular weight is 295 g/mol. The second-order valence-corrected chi connectivity index (χ2v) is 4.91. The monoisotopic (exact) mass is 295 g/mol. The molecule has 1 heterocycles. The van der Waals surface area contributed by atoms with Gasteiger partial charge >= 0.3 is 0 Å². The van der Waals surface area contributed by atoms with Crippen molar-refractivity contribution in [2.24, 2.45) is 5.73 Å². The van der Waals surface area contributed by atoms with Gasteiger partial charge in [0.2, 0.25) is 0 Å². The molecule has 116 valence electrons. The van der Waals surface area contributed by atoms with Gasteiger partial charge in [-0.05, 0) is 12.5 Å². The first kappa shape index (κ1) is 15.7. The number of nitrogens with two attached hydrogens (primary N) is 1. The van der Waals surface area contributed by atoms with Gasteiger partial charge in [0.25, 0.3) is 5.69 Å². The van der Waals surface area contributed by atoms with E-state index >= 15 is 0 Å². The minimum atomic E-state index is -0.430. The molecule has 2 rings (SSSR count). The van der Waals surface area contributed by atoms with Crippen LogP contribution in [0.25, 0.3) is 0 Å². The van der Waals surface area contributed by atoms with Gasteiger partial charge in [-0.2, -0.15) is 0 Å². The Bertz CT molecular complexity index is 475. The number of hydrogen-bond acceptors (Lipinski definition) is 6. The van der Waals surface area contributed by atoms with Gasteiger partial charge in [-0.25, -0.2) is 0 Å². The zero-order valence-electron chi connectivity index (χ0n) is 12.0. The summed E-state index contributed by atoms with van der Waals surface area (Å²) in [7, 11) is 0. The van der Waals surface area contributed by atoms with Crippen molar-refractivity contribution in [3.63, 3.8) is 0 Å². The molecule has 0 saturated carbocycles. The van der Waals surface area contributed by atoms with Crippen LogP contribution in [0.1, 0.15) is 12.0 Å². The summed E-state index contributed by atoms with van der Waals surface area (Å²) in [6.07, 6.45) is 0.868. The number of rotatable bonds is 7. The third-order valence-electron chi connectivity index (χ3n) is 3.46. The molecule has 0 unspecified atom stereocenters. The van der Waals surface area contributed by atoms with Gasteiger partial charge in [0.1, 0.15) is 5.75 Å². The van der Waals surface area contributed by atoms with Gasteiger partial charge in [0, 0.05) is 37.8 Å². The quantitative estimate of drug-likeness (QED) is 0.461. The third-order valence-corrected chi connectivity index (χ3v) is 3.46. The van der Waals surface area contributed by atoms with Crippen LogP contribution in [-0.4, -0.2) is 49.3 Å². The van der Waals surface area contributed by atoms with Crippen LogP contribution in [0.5, 0.6) is 5.75 Å². The van der Waals surface area contributed by atoms with E-state index in [0.717, 1.165) is 44.8 Å². The molecule has 1 aromatic rings. The van der Waals surface area contributed by atoms with E-state index < -0.39 is 4.92 Å². The molecular weight excluding hydrogens is 274 g/mol. The molecule has 0 aromatic heterocycles. The van der Waals surface area contributed by atoms with Gasteiger partial charge < -0.3 is 15.2 Å². The average Bonchev–Trinajstić information content (AvgIpc) is 2.52. The Balaban J connectivity index is 1.83. The summed E-state index contributed by atoms with van der Waals surface area (Å²) in [5.74, 6) is 0.508. The number of hydrogen-bond donors (Lipinski definition) is 1. The van der Waals surface area contributed by atoms with Crippen LogP contribution in [0.2, 0.25) is 0 Å². The molecule has 0 atom stereocenters. The van der Waals surface area contributed by atoms with Crippen molar-refractivity contribution in [2.45, 2.75) is 13.0 Å². The second-order valence-electron chi connectivity index (χ2n) is 4.91. The number of ether oxygens (including phenoxy) is 2. The van der Waals surface area contributed by atoms with E-state index in [1.165, 1.54) is 12.1 Å². The van der Waals surface area contributed by atoms with Crippen LogP contribution in [0, 0.1) is 10.1 Å². The first-order chi connectivity index (χ1) is 10.2. The van der Waals surface area contributed by atoms with Crippen molar-refractivity contribution in [2.75, 3.05) is 39.5 Å². The van der Waals surface area contributed by atoms with Gasteiger partial charge in [-0.1, -0.05) is 0 Å². The Morgan fingerprint density at radius 1 is 1.38 bits per heavy atom. The normalized spacial score (nSPS) is 15.9. The Kier molecular flexibility index (Phi) is 5.91. The summed E-state index contributed by atoms with van der Waals surface area (Å²) in [4.78, 5) is 12.7. The highest BCUT2D eigenvalue weighted by Crippen LogP contribution is 2.24. The van der Waals surface area contributed by atoms with E-state index in [1.807, 2.05) is 0 Å². The molecular formula is C14H21N3O4. The van der Waals surface area contributed by atoms with Crippen LogP contribution < -0.4 is 10.5 Å². The van der Waals surface area contributed by atoms with E-state index in [2.05, 4.69) is 4.90 Å². The van der Waals surface area contributed by atoms with Crippen molar-refractivity contribution in [3.8, 4) is 5.75 Å². The summed E-state index contributed by atoms with van der Waals surface area (Å²) in [6.45, 7) is 5.22. The molecule has 1 aliphatic rings. The maximum atomic E-state index is 10.8. The molecule has 0 bridgehead atoms. The van der Waals surface area contributed by atoms with Gasteiger partial charge in [0.15, 0.2) is 0 Å². The molecule has 1 fully saturated rings. The predicted molar refractivity (Wildman–Crippen MR) is 78.4 cm³/mol. The summed E-state index contributed by atoms with van der Waals surface area (Å²) in [5.41, 5.74) is 6.43. The maximum Gasteiger partial charge on any atom is 0.273 e. The number of morpholine rings is 1. The molecule has 1 aliphatic heterocycles. The summed E-state index contributed by atoms with van der Waals surface area (Å²) in [6, 6.07) is 4.54. The zero-order valence-corrected chi connectivity index (χ0v) is 12.0. The van der Waals surface area contributed by atoms with E-state index in [1.54, 1.807) is 6.07 Å². The number of non-ortho nitro benzene ring substituents is 1. The van der Waals surface area contributed by atoms with Crippen molar-refractivity contribution in [3.05, 3.63) is 33.9 Å². The molecule has 0 spiro atoms. The minimum absolute atomic E-state index is 0.0235. The number of benzene rings is 1. The van der Waals surface area contributed by atoms with Gasteiger partial charge in [0.05, 0.1) is 30.8 Å². The lowest BCUT2D eigenvalue weighted by Crippen LogP contribution is -2.37. The first-order valence-electron chi connectivity index (χ1n) is 7.11. The molecule has 0 aliphatic carbocycles. The highest BCUT2D eigenvalue weighted by atomic mass is 16.6. The third kappa shape index (κ3) is 4.66. The Morgan fingerprint density at radius 3 is 2.81 bits per heavy atom. The summed E-state index contributed by atoms with van der Waals surface area (Å²) in [5, 5.41) is 10.8. The van der Waals surface area contributed by atoms with E-state index in [0.29, 0.717) is 18.9 Å². The number of nitro groups is 1. The molecule has 0 radical (unpaired) electrons. The van der Waals surface area contributed by atoms with Crippen LogP contribution in [-0.2, 0) is 11.3 Å².